The fraction of sp³-hybridized carbons (Fsp3) is 0.0870. The third kappa shape index (κ3) is 4.11. The first-order valence-electron chi connectivity index (χ1n) is 9.99. The number of aromatic nitrogens is 3. The molecule has 1 aliphatic rings. The Labute approximate surface area is 206 Å². The lowest BCUT2D eigenvalue weighted by molar-refractivity contribution is -0.117. The van der Waals surface area contributed by atoms with Gasteiger partial charge in [0.15, 0.2) is 15.9 Å². The molecule has 1 aromatic carbocycles. The lowest BCUT2D eigenvalue weighted by atomic mass is 9.96. The van der Waals surface area contributed by atoms with Crippen LogP contribution in [-0.4, -0.2) is 32.0 Å². The first-order valence-corrected chi connectivity index (χ1v) is 12.2. The van der Waals surface area contributed by atoms with Crippen LogP contribution in [0.25, 0.3) is 0 Å². The van der Waals surface area contributed by atoms with Crippen molar-refractivity contribution < 1.29 is 19.1 Å². The molecule has 34 heavy (non-hydrogen) atoms. The number of pyridine rings is 1. The number of hydrogen-bond acceptors (Lipinski definition) is 9. The van der Waals surface area contributed by atoms with Crippen LogP contribution in [0.5, 0.6) is 0 Å². The molecule has 8 nitrogen and oxygen atoms in total. The van der Waals surface area contributed by atoms with E-state index in [0.717, 1.165) is 5.56 Å². The smallest absolute Gasteiger partial charge is 0.296 e. The summed E-state index contributed by atoms with van der Waals surface area (Å²) in [7, 11) is 0. The molecule has 4 aromatic rings. The summed E-state index contributed by atoms with van der Waals surface area (Å²) in [6.07, 6.45) is 4.45. The number of amides is 1. The fourth-order valence-corrected chi connectivity index (χ4v) is 5.70. The van der Waals surface area contributed by atoms with E-state index in [-0.39, 0.29) is 16.5 Å². The minimum Gasteiger partial charge on any atom is -0.503 e. The van der Waals surface area contributed by atoms with Gasteiger partial charge in [-0.05, 0) is 41.5 Å². The molecule has 0 fully saturated rings. The molecule has 1 aliphatic heterocycles. The summed E-state index contributed by atoms with van der Waals surface area (Å²) < 4.78 is 5.84. The normalized spacial score (nSPS) is 15.9. The summed E-state index contributed by atoms with van der Waals surface area (Å²) in [5.41, 5.74) is 1.44. The number of nitrogens with zero attached hydrogens (tertiary/aromatic N) is 4. The monoisotopic (exact) mass is 510 g/mol. The van der Waals surface area contributed by atoms with E-state index in [1.807, 2.05) is 24.3 Å². The van der Waals surface area contributed by atoms with Gasteiger partial charge in [-0.1, -0.05) is 52.9 Å². The van der Waals surface area contributed by atoms with Crippen molar-refractivity contribution in [3.05, 3.63) is 100 Å². The number of ketones is 1. The molecule has 0 spiro atoms. The molecule has 1 N–H and O–H groups in total. The number of anilines is 1. The van der Waals surface area contributed by atoms with Crippen LogP contribution < -0.4 is 4.90 Å². The molecular formula is C23H15ClN4O4S2. The van der Waals surface area contributed by atoms with Gasteiger partial charge in [-0.25, -0.2) is 0 Å². The van der Waals surface area contributed by atoms with E-state index >= 15 is 0 Å². The minimum absolute atomic E-state index is 0.0171. The Morgan fingerprint density at radius 2 is 1.94 bits per heavy atom. The zero-order valence-electron chi connectivity index (χ0n) is 17.3. The molecule has 5 rings (SSSR count). The quantitative estimate of drug-likeness (QED) is 0.204. The number of Topliss-reactive ketones (excluding diaryl/α,β-unsaturated/α-hetero) is 1. The minimum atomic E-state index is -0.914. The molecule has 0 aliphatic carbocycles. The van der Waals surface area contributed by atoms with Gasteiger partial charge in [-0.2, -0.15) is 0 Å². The maximum absolute atomic E-state index is 13.2. The zero-order chi connectivity index (χ0) is 23.7. The van der Waals surface area contributed by atoms with Gasteiger partial charge in [0.25, 0.3) is 5.91 Å². The van der Waals surface area contributed by atoms with Crippen LogP contribution >= 0.6 is 34.7 Å². The molecule has 1 unspecified atom stereocenters. The number of benzene rings is 1. The Balaban J connectivity index is 1.48. The van der Waals surface area contributed by atoms with Crippen LogP contribution in [0.1, 0.15) is 27.7 Å². The van der Waals surface area contributed by atoms with Crippen LogP contribution in [0.4, 0.5) is 5.13 Å². The third-order valence-corrected chi connectivity index (χ3v) is 7.60. The maximum Gasteiger partial charge on any atom is 0.296 e. The van der Waals surface area contributed by atoms with E-state index in [1.54, 1.807) is 30.6 Å². The Morgan fingerprint density at radius 1 is 1.15 bits per heavy atom. The number of hydrogen-bond donors (Lipinski definition) is 1. The second-order valence-electron chi connectivity index (χ2n) is 7.16. The summed E-state index contributed by atoms with van der Waals surface area (Å²) in [4.78, 5) is 31.6. The van der Waals surface area contributed by atoms with Crippen LogP contribution in [-0.2, 0) is 10.5 Å². The predicted octanol–water partition coefficient (Wildman–Crippen LogP) is 5.25. The lowest BCUT2D eigenvalue weighted by Crippen LogP contribution is -2.31. The Bertz CT molecular complexity index is 1390. The van der Waals surface area contributed by atoms with Gasteiger partial charge in [-0.15, -0.1) is 10.2 Å². The molecule has 1 amide bonds. The lowest BCUT2D eigenvalue weighted by Gasteiger charge is -2.23. The highest BCUT2D eigenvalue weighted by Gasteiger charge is 2.46. The number of aliphatic hydroxyl groups excluding tert-OH is 1. The summed E-state index contributed by atoms with van der Waals surface area (Å²) in [6, 6.07) is 13.0. The summed E-state index contributed by atoms with van der Waals surface area (Å²) in [5.74, 6) is -1.39. The number of aliphatic hydroxyl groups is 1. The number of rotatable bonds is 7. The Kier molecular flexibility index (Phi) is 6.18. The Hall–Kier alpha value is -3.47. The standard InChI is InChI=1S/C23H15ClN4O4S2/c24-15-5-2-1-4-14(15)12-33-23-27-26-22(34-23)28-18(13-7-9-25-10-8-13)17(20(30)21(28)31)19(29)16-6-3-11-32-16/h1-11,18,30H,12H2. The number of thioether (sulfide) groups is 1. The number of carbonyl (C=O) groups excluding carboxylic acids is 2. The highest BCUT2D eigenvalue weighted by molar-refractivity contribution is 8.00. The zero-order valence-corrected chi connectivity index (χ0v) is 19.7. The molecule has 11 heteroatoms. The first kappa shape index (κ1) is 22.3. The molecule has 0 saturated heterocycles. The van der Waals surface area contributed by atoms with Crippen LogP contribution in [0.2, 0.25) is 5.02 Å². The average molecular weight is 511 g/mol. The third-order valence-electron chi connectivity index (χ3n) is 5.13. The van der Waals surface area contributed by atoms with Crippen molar-refractivity contribution in [1.82, 2.24) is 15.2 Å². The molecule has 170 valence electrons. The van der Waals surface area contributed by atoms with Gasteiger partial charge in [0.2, 0.25) is 10.9 Å². The summed E-state index contributed by atoms with van der Waals surface area (Å²) in [5, 5.41) is 20.0. The molecule has 0 saturated carbocycles. The van der Waals surface area contributed by atoms with Gasteiger partial charge in [0.1, 0.15) is 0 Å². The molecule has 0 radical (unpaired) electrons. The average Bonchev–Trinajstić information content (AvgIpc) is 3.60. The van der Waals surface area contributed by atoms with Gasteiger partial charge in [0.05, 0.1) is 17.9 Å². The topological polar surface area (TPSA) is 109 Å². The molecular weight excluding hydrogens is 496 g/mol. The maximum atomic E-state index is 13.2. The van der Waals surface area contributed by atoms with Crippen LogP contribution in [0, 0.1) is 0 Å². The second-order valence-corrected chi connectivity index (χ2v) is 9.74. The highest BCUT2D eigenvalue weighted by atomic mass is 35.5. The molecule has 1 atom stereocenters. The van der Waals surface area contributed by atoms with Crippen LogP contribution in [0.3, 0.4) is 0 Å². The van der Waals surface area contributed by atoms with Crippen molar-refractivity contribution in [3.63, 3.8) is 0 Å². The van der Waals surface area contributed by atoms with Crippen molar-refractivity contribution in [1.29, 1.82) is 0 Å². The van der Waals surface area contributed by atoms with E-state index < -0.39 is 23.5 Å². The van der Waals surface area contributed by atoms with Crippen LogP contribution in [0.15, 0.2) is 87.3 Å². The van der Waals surface area contributed by atoms with E-state index in [4.69, 9.17) is 16.0 Å². The second kappa shape index (κ2) is 9.41. The number of furan rings is 1. The highest BCUT2D eigenvalue weighted by Crippen LogP contribution is 2.43. The SMILES string of the molecule is O=C(C1=C(O)C(=O)N(c2nnc(SCc3ccccc3Cl)s2)C1c1ccncc1)c1ccco1. The Morgan fingerprint density at radius 3 is 2.68 bits per heavy atom. The molecule has 0 bridgehead atoms. The number of halogens is 1. The van der Waals surface area contributed by atoms with Crippen molar-refractivity contribution in [3.8, 4) is 0 Å². The van der Waals surface area contributed by atoms with Gasteiger partial charge >= 0.3 is 0 Å². The fourth-order valence-electron chi connectivity index (χ4n) is 3.55. The van der Waals surface area contributed by atoms with Crippen molar-refractivity contribution in [2.45, 2.75) is 16.1 Å². The van der Waals surface area contributed by atoms with Gasteiger partial charge < -0.3 is 9.52 Å². The predicted molar refractivity (Wildman–Crippen MR) is 128 cm³/mol. The van der Waals surface area contributed by atoms with Crippen molar-refractivity contribution in [2.75, 3.05) is 4.90 Å². The van der Waals surface area contributed by atoms with E-state index in [9.17, 15) is 14.7 Å². The molecule has 4 heterocycles. The van der Waals surface area contributed by atoms with Gasteiger partial charge in [0, 0.05) is 23.2 Å². The first-order chi connectivity index (χ1) is 16.5. The van der Waals surface area contributed by atoms with Crippen molar-refractivity contribution >= 4 is 51.5 Å². The van der Waals surface area contributed by atoms with E-state index in [2.05, 4.69) is 15.2 Å². The summed E-state index contributed by atoms with van der Waals surface area (Å²) in [6.45, 7) is 0. The van der Waals surface area contributed by atoms with Gasteiger partial charge in [-0.3, -0.25) is 19.5 Å². The van der Waals surface area contributed by atoms with E-state index in [0.29, 0.717) is 20.7 Å². The molecule has 3 aromatic heterocycles. The van der Waals surface area contributed by atoms with E-state index in [1.165, 1.54) is 40.3 Å². The largest absolute Gasteiger partial charge is 0.503 e. The number of carbonyl (C=O) groups is 2. The van der Waals surface area contributed by atoms with Crippen molar-refractivity contribution in [2.24, 2.45) is 0 Å². The summed E-state index contributed by atoms with van der Waals surface area (Å²) >= 11 is 8.84.